The van der Waals surface area contributed by atoms with Crippen molar-refractivity contribution in [2.75, 3.05) is 5.32 Å². The lowest BCUT2D eigenvalue weighted by Crippen LogP contribution is -2.15. The minimum atomic E-state index is -0.0864. The Kier molecular flexibility index (Phi) is 6.36. The molecule has 5 heteroatoms. The summed E-state index contributed by atoms with van der Waals surface area (Å²) in [6, 6.07) is 14.0. The van der Waals surface area contributed by atoms with Crippen LogP contribution in [-0.4, -0.2) is 20.7 Å². The molecule has 3 aromatic rings. The molecule has 0 radical (unpaired) electrons. The molecule has 0 saturated heterocycles. The van der Waals surface area contributed by atoms with Gasteiger partial charge in [-0.3, -0.25) is 9.48 Å². The van der Waals surface area contributed by atoms with Crippen molar-refractivity contribution in [2.24, 2.45) is 5.92 Å². The summed E-state index contributed by atoms with van der Waals surface area (Å²) in [6.45, 7) is 5.12. The molecule has 0 bridgehead atoms. The zero-order valence-electron chi connectivity index (χ0n) is 15.9. The van der Waals surface area contributed by atoms with Crippen LogP contribution < -0.4 is 5.32 Å². The lowest BCUT2D eigenvalue weighted by Gasteiger charge is -2.06. The molecular formula is C22H26N4O. The first-order valence-electron chi connectivity index (χ1n) is 9.38. The Balaban J connectivity index is 1.50. The molecule has 0 saturated carbocycles. The number of carbonyl (C=O) groups excluding carboxylic acids is 1. The number of pyridine rings is 1. The van der Waals surface area contributed by atoms with Crippen LogP contribution in [0.25, 0.3) is 0 Å². The number of amides is 1. The number of anilines is 1. The minimum Gasteiger partial charge on any atom is -0.310 e. The molecule has 140 valence electrons. The number of hydrogen-bond donors (Lipinski definition) is 1. The molecule has 0 aliphatic carbocycles. The molecule has 27 heavy (non-hydrogen) atoms. The highest BCUT2D eigenvalue weighted by Crippen LogP contribution is 2.11. The second kappa shape index (κ2) is 9.12. The van der Waals surface area contributed by atoms with Gasteiger partial charge in [-0.25, -0.2) is 4.98 Å². The molecule has 5 nitrogen and oxygen atoms in total. The van der Waals surface area contributed by atoms with Gasteiger partial charge in [0.2, 0.25) is 5.91 Å². The molecule has 0 fully saturated rings. The van der Waals surface area contributed by atoms with Gasteiger partial charge >= 0.3 is 0 Å². The molecule has 0 unspecified atom stereocenters. The second-order valence-electron chi connectivity index (χ2n) is 7.24. The summed E-state index contributed by atoms with van der Waals surface area (Å²) in [5.74, 6) is 1.17. The first-order chi connectivity index (χ1) is 13.1. The van der Waals surface area contributed by atoms with Crippen LogP contribution in [0.15, 0.2) is 61.1 Å². The molecule has 2 aromatic heterocycles. The Hall–Kier alpha value is -2.95. The monoisotopic (exact) mass is 362 g/mol. The summed E-state index contributed by atoms with van der Waals surface area (Å²) in [5.41, 5.74) is 3.26. The largest absolute Gasteiger partial charge is 0.310 e. The summed E-state index contributed by atoms with van der Waals surface area (Å²) in [5, 5.41) is 7.19. The predicted octanol–water partition coefficient (Wildman–Crippen LogP) is 4.10. The van der Waals surface area contributed by atoms with Crippen LogP contribution in [0.5, 0.6) is 0 Å². The summed E-state index contributed by atoms with van der Waals surface area (Å²) >= 11 is 0. The first-order valence-corrected chi connectivity index (χ1v) is 9.38. The summed E-state index contributed by atoms with van der Waals surface area (Å²) in [6.07, 6.45) is 7.93. The van der Waals surface area contributed by atoms with Crippen LogP contribution >= 0.6 is 0 Å². The fourth-order valence-corrected chi connectivity index (χ4v) is 2.83. The van der Waals surface area contributed by atoms with E-state index in [0.717, 1.165) is 18.4 Å². The molecule has 0 aliphatic heterocycles. The Morgan fingerprint density at radius 3 is 2.56 bits per heavy atom. The minimum absolute atomic E-state index is 0.0864. The zero-order valence-corrected chi connectivity index (χ0v) is 15.9. The molecule has 1 aromatic carbocycles. The Bertz CT molecular complexity index is 854. The highest BCUT2D eigenvalue weighted by atomic mass is 16.1. The fourth-order valence-electron chi connectivity index (χ4n) is 2.83. The van der Waals surface area contributed by atoms with Crippen molar-refractivity contribution in [3.05, 3.63) is 77.7 Å². The smallest absolute Gasteiger partial charge is 0.230 e. The molecule has 2 heterocycles. The number of aromatic nitrogens is 3. The van der Waals surface area contributed by atoms with Gasteiger partial charge in [-0.2, -0.15) is 5.10 Å². The number of nitrogens with one attached hydrogen (secondary N) is 1. The maximum Gasteiger partial charge on any atom is 0.230 e. The Labute approximate surface area is 160 Å². The van der Waals surface area contributed by atoms with Crippen LogP contribution in [0.1, 0.15) is 37.0 Å². The summed E-state index contributed by atoms with van der Waals surface area (Å²) in [7, 11) is 0. The number of nitrogens with zero attached hydrogens (tertiary/aromatic N) is 3. The van der Waals surface area contributed by atoms with Gasteiger partial charge < -0.3 is 5.32 Å². The van der Waals surface area contributed by atoms with Gasteiger partial charge in [0.05, 0.1) is 19.2 Å². The van der Waals surface area contributed by atoms with E-state index < -0.39 is 0 Å². The quantitative estimate of drug-likeness (QED) is 0.656. The van der Waals surface area contributed by atoms with Gasteiger partial charge in [0.15, 0.2) is 0 Å². The highest BCUT2D eigenvalue weighted by Gasteiger charge is 2.08. The number of aryl methyl sites for hydroxylation is 1. The van der Waals surface area contributed by atoms with Gasteiger partial charge in [-0.1, -0.05) is 50.2 Å². The average Bonchev–Trinajstić information content (AvgIpc) is 3.08. The van der Waals surface area contributed by atoms with Gasteiger partial charge in [-0.05, 0) is 41.5 Å². The Morgan fingerprint density at radius 2 is 1.85 bits per heavy atom. The number of hydrogen-bond acceptors (Lipinski definition) is 3. The number of rotatable bonds is 8. The molecule has 0 atom stereocenters. The zero-order chi connectivity index (χ0) is 19.1. The third-order valence-corrected chi connectivity index (χ3v) is 4.34. The van der Waals surface area contributed by atoms with E-state index in [1.165, 1.54) is 11.1 Å². The lowest BCUT2D eigenvalue weighted by atomic mass is 10.0. The molecular weight excluding hydrogens is 336 g/mol. The maximum absolute atomic E-state index is 12.3. The third-order valence-electron chi connectivity index (χ3n) is 4.34. The van der Waals surface area contributed by atoms with Crippen molar-refractivity contribution in [1.82, 2.24) is 14.8 Å². The van der Waals surface area contributed by atoms with Crippen LogP contribution in [0.2, 0.25) is 0 Å². The fraction of sp³-hybridized carbons (Fsp3) is 0.318. The van der Waals surface area contributed by atoms with Crippen molar-refractivity contribution in [3.63, 3.8) is 0 Å². The standard InChI is InChI=1S/C22H26N4O/c1-17(2)8-9-18-10-11-21(23-13-18)25-22(27)12-20-14-24-26(16-20)15-19-6-4-3-5-7-19/h3-7,10-11,13-14,16-17H,8-9,12,15H2,1-2H3,(H,23,25,27). The average molecular weight is 362 g/mol. The molecule has 3 rings (SSSR count). The van der Waals surface area contributed by atoms with E-state index in [1.54, 1.807) is 6.20 Å². The van der Waals surface area contributed by atoms with Crippen LogP contribution in [0.3, 0.4) is 0 Å². The third kappa shape index (κ3) is 6.06. The van der Waals surface area contributed by atoms with Crippen molar-refractivity contribution < 1.29 is 4.79 Å². The van der Waals surface area contributed by atoms with Gasteiger partial charge in [0, 0.05) is 12.4 Å². The predicted molar refractivity (Wildman–Crippen MR) is 108 cm³/mol. The van der Waals surface area contributed by atoms with Gasteiger partial charge in [0.1, 0.15) is 5.82 Å². The SMILES string of the molecule is CC(C)CCc1ccc(NC(=O)Cc2cnn(Cc3ccccc3)c2)nc1. The van der Waals surface area contributed by atoms with E-state index in [9.17, 15) is 4.79 Å². The summed E-state index contributed by atoms with van der Waals surface area (Å²) < 4.78 is 1.85. The van der Waals surface area contributed by atoms with Crippen molar-refractivity contribution >= 4 is 11.7 Å². The second-order valence-corrected chi connectivity index (χ2v) is 7.24. The maximum atomic E-state index is 12.3. The number of benzene rings is 1. The highest BCUT2D eigenvalue weighted by molar-refractivity contribution is 5.91. The van der Waals surface area contributed by atoms with E-state index in [-0.39, 0.29) is 12.3 Å². The number of carbonyl (C=O) groups is 1. The van der Waals surface area contributed by atoms with Crippen LogP contribution in [0.4, 0.5) is 5.82 Å². The lowest BCUT2D eigenvalue weighted by molar-refractivity contribution is -0.115. The Morgan fingerprint density at radius 1 is 1.04 bits per heavy atom. The van der Waals surface area contributed by atoms with E-state index in [4.69, 9.17) is 0 Å². The van der Waals surface area contributed by atoms with Gasteiger partial charge in [-0.15, -0.1) is 0 Å². The van der Waals surface area contributed by atoms with Gasteiger partial charge in [0.25, 0.3) is 0 Å². The van der Waals surface area contributed by atoms with E-state index in [1.807, 2.05) is 47.4 Å². The van der Waals surface area contributed by atoms with E-state index in [2.05, 4.69) is 41.4 Å². The normalized spacial score (nSPS) is 10.9. The summed E-state index contributed by atoms with van der Waals surface area (Å²) in [4.78, 5) is 16.6. The molecule has 0 spiro atoms. The topological polar surface area (TPSA) is 59.8 Å². The molecule has 1 amide bonds. The van der Waals surface area contributed by atoms with Crippen molar-refractivity contribution in [1.29, 1.82) is 0 Å². The molecule has 1 N–H and O–H groups in total. The molecule has 0 aliphatic rings. The first kappa shape index (κ1) is 18.8. The van der Waals surface area contributed by atoms with Crippen molar-refractivity contribution in [3.8, 4) is 0 Å². The van der Waals surface area contributed by atoms with E-state index >= 15 is 0 Å². The van der Waals surface area contributed by atoms with Crippen LogP contribution in [0, 0.1) is 5.92 Å². The van der Waals surface area contributed by atoms with Crippen LogP contribution in [-0.2, 0) is 24.2 Å². The van der Waals surface area contributed by atoms with E-state index in [0.29, 0.717) is 18.3 Å². The van der Waals surface area contributed by atoms with Crippen molar-refractivity contribution in [2.45, 2.75) is 39.7 Å².